The molecule has 1 aromatic rings. The second kappa shape index (κ2) is 5.65. The lowest BCUT2D eigenvalue weighted by molar-refractivity contribution is 0.0561. The maximum Gasteiger partial charge on any atom is 0.188 e. The third-order valence-corrected chi connectivity index (χ3v) is 4.91. The summed E-state index contributed by atoms with van der Waals surface area (Å²) >= 11 is 0. The Morgan fingerprint density at radius 1 is 1.38 bits per heavy atom. The Morgan fingerprint density at radius 2 is 2.14 bits per heavy atom. The molecule has 0 bridgehead atoms. The number of piperazine rings is 1. The summed E-state index contributed by atoms with van der Waals surface area (Å²) in [7, 11) is 1.83. The smallest absolute Gasteiger partial charge is 0.188 e. The highest BCUT2D eigenvalue weighted by atomic mass is 15.6. The van der Waals surface area contributed by atoms with Gasteiger partial charge in [0.2, 0.25) is 0 Å². The van der Waals surface area contributed by atoms with Crippen molar-refractivity contribution in [3.05, 3.63) is 5.82 Å². The van der Waals surface area contributed by atoms with Gasteiger partial charge in [-0.2, -0.15) is 4.80 Å². The molecule has 2 aliphatic rings. The minimum Gasteiger partial charge on any atom is -0.308 e. The summed E-state index contributed by atoms with van der Waals surface area (Å²) in [6.45, 7) is 9.96. The first-order valence-corrected chi connectivity index (χ1v) is 8.18. The molecule has 0 aromatic carbocycles. The van der Waals surface area contributed by atoms with E-state index < -0.39 is 0 Å². The molecule has 0 amide bonds. The van der Waals surface area contributed by atoms with Crippen LogP contribution in [0.15, 0.2) is 0 Å². The van der Waals surface area contributed by atoms with E-state index in [1.165, 1.54) is 19.3 Å². The van der Waals surface area contributed by atoms with Gasteiger partial charge >= 0.3 is 0 Å². The molecule has 1 saturated carbocycles. The van der Waals surface area contributed by atoms with E-state index >= 15 is 0 Å². The van der Waals surface area contributed by atoms with E-state index in [-0.39, 0.29) is 5.54 Å². The molecule has 2 heterocycles. The highest BCUT2D eigenvalue weighted by Crippen LogP contribution is 2.41. The van der Waals surface area contributed by atoms with Crippen LogP contribution in [-0.4, -0.2) is 49.8 Å². The highest BCUT2D eigenvalue weighted by molar-refractivity contribution is 5.04. The highest BCUT2D eigenvalue weighted by Gasteiger charge is 2.46. The largest absolute Gasteiger partial charge is 0.308 e. The maximum atomic E-state index is 4.36. The predicted octanol–water partition coefficient (Wildman–Crippen LogP) is 1.20. The van der Waals surface area contributed by atoms with Crippen molar-refractivity contribution in [3.8, 4) is 0 Å². The molecule has 1 N–H and O–H groups in total. The van der Waals surface area contributed by atoms with E-state index in [1.54, 1.807) is 4.80 Å². The lowest BCUT2D eigenvalue weighted by Crippen LogP contribution is -2.63. The van der Waals surface area contributed by atoms with E-state index in [4.69, 9.17) is 0 Å². The van der Waals surface area contributed by atoms with Gasteiger partial charge in [-0.1, -0.05) is 13.8 Å². The van der Waals surface area contributed by atoms with Gasteiger partial charge in [-0.25, -0.2) is 0 Å². The van der Waals surface area contributed by atoms with Crippen LogP contribution in [-0.2, 0) is 13.6 Å². The summed E-state index contributed by atoms with van der Waals surface area (Å²) in [6, 6.07) is 0.570. The Balaban J connectivity index is 1.72. The minimum atomic E-state index is 0.260. The van der Waals surface area contributed by atoms with E-state index in [1.807, 2.05) is 7.05 Å². The Labute approximate surface area is 127 Å². The Bertz CT molecular complexity index is 480. The van der Waals surface area contributed by atoms with Crippen LogP contribution in [0.4, 0.5) is 0 Å². The van der Waals surface area contributed by atoms with Gasteiger partial charge < -0.3 is 5.32 Å². The fourth-order valence-electron chi connectivity index (χ4n) is 3.61. The molecule has 0 radical (unpaired) electrons. The van der Waals surface area contributed by atoms with Crippen LogP contribution >= 0.6 is 0 Å². The van der Waals surface area contributed by atoms with Crippen LogP contribution in [0.2, 0.25) is 0 Å². The molecule has 1 saturated heterocycles. The number of hydrogen-bond acceptors (Lipinski definition) is 5. The molecule has 21 heavy (non-hydrogen) atoms. The summed E-state index contributed by atoms with van der Waals surface area (Å²) in [5, 5.41) is 16.3. The molecule has 2 fully saturated rings. The Kier molecular flexibility index (Phi) is 4.01. The van der Waals surface area contributed by atoms with Crippen molar-refractivity contribution in [2.45, 2.75) is 58.2 Å². The van der Waals surface area contributed by atoms with E-state index in [0.29, 0.717) is 12.0 Å². The summed E-state index contributed by atoms with van der Waals surface area (Å²) in [5.41, 5.74) is 0.260. The van der Waals surface area contributed by atoms with Crippen LogP contribution in [0, 0.1) is 11.8 Å². The lowest BCUT2D eigenvalue weighted by Gasteiger charge is -2.47. The quantitative estimate of drug-likeness (QED) is 0.883. The second-order valence-electron chi connectivity index (χ2n) is 7.46. The summed E-state index contributed by atoms with van der Waals surface area (Å²) in [6.07, 6.45) is 3.96. The SMILES string of the molecule is CC(C)CC1CNC(C)(C2CC2)CN1Cc1nnn(C)n1. The normalized spacial score (nSPS) is 31.0. The third-order valence-electron chi connectivity index (χ3n) is 4.91. The van der Waals surface area contributed by atoms with Gasteiger partial charge in [0.05, 0.1) is 13.6 Å². The van der Waals surface area contributed by atoms with Gasteiger partial charge in [-0.15, -0.1) is 10.2 Å². The summed E-state index contributed by atoms with van der Waals surface area (Å²) in [4.78, 5) is 4.13. The third kappa shape index (κ3) is 3.43. The Hall–Kier alpha value is -1.01. The lowest BCUT2D eigenvalue weighted by atomic mass is 9.89. The topological polar surface area (TPSA) is 58.9 Å². The number of aromatic nitrogens is 4. The zero-order valence-electron chi connectivity index (χ0n) is 13.7. The van der Waals surface area contributed by atoms with Crippen molar-refractivity contribution < 1.29 is 0 Å². The fourth-order valence-corrected chi connectivity index (χ4v) is 3.61. The first-order valence-electron chi connectivity index (χ1n) is 8.18. The van der Waals surface area contributed by atoms with E-state index in [9.17, 15) is 0 Å². The summed E-state index contributed by atoms with van der Waals surface area (Å²) < 4.78 is 0. The predicted molar refractivity (Wildman–Crippen MR) is 81.6 cm³/mol. The van der Waals surface area contributed by atoms with Crippen LogP contribution in [0.25, 0.3) is 0 Å². The summed E-state index contributed by atoms with van der Waals surface area (Å²) in [5.74, 6) is 2.39. The molecule has 0 spiro atoms. The molecule has 1 aliphatic carbocycles. The van der Waals surface area contributed by atoms with Gasteiger partial charge in [0.1, 0.15) is 0 Å². The molecule has 1 aliphatic heterocycles. The number of rotatable bonds is 5. The molecule has 2 unspecified atom stereocenters. The van der Waals surface area contributed by atoms with Crippen molar-refractivity contribution in [1.82, 2.24) is 30.4 Å². The van der Waals surface area contributed by atoms with Crippen molar-refractivity contribution in [2.24, 2.45) is 18.9 Å². The average Bonchev–Trinajstić information content (AvgIpc) is 3.18. The van der Waals surface area contributed by atoms with Crippen LogP contribution < -0.4 is 5.32 Å². The van der Waals surface area contributed by atoms with Crippen molar-refractivity contribution in [3.63, 3.8) is 0 Å². The minimum absolute atomic E-state index is 0.260. The fraction of sp³-hybridized carbons (Fsp3) is 0.933. The molecular weight excluding hydrogens is 264 g/mol. The number of tetrazole rings is 1. The molecule has 1 aromatic heterocycles. The van der Waals surface area contributed by atoms with Gasteiger partial charge in [-0.3, -0.25) is 4.90 Å². The molecule has 6 nitrogen and oxygen atoms in total. The van der Waals surface area contributed by atoms with Crippen molar-refractivity contribution >= 4 is 0 Å². The number of nitrogens with zero attached hydrogens (tertiary/aromatic N) is 5. The standard InChI is InChI=1S/C15H28N6/c1-11(2)7-13-8-16-15(3,12-5-6-12)10-21(13)9-14-17-19-20(4)18-14/h11-13,16H,5-10H2,1-4H3. The molecule has 3 rings (SSSR count). The average molecular weight is 292 g/mol. The van der Waals surface area contributed by atoms with Crippen LogP contribution in [0.5, 0.6) is 0 Å². The van der Waals surface area contributed by atoms with Gasteiger partial charge in [0.15, 0.2) is 5.82 Å². The monoisotopic (exact) mass is 292 g/mol. The number of hydrogen-bond donors (Lipinski definition) is 1. The number of nitrogens with one attached hydrogen (secondary N) is 1. The van der Waals surface area contributed by atoms with Gasteiger partial charge in [0, 0.05) is 24.7 Å². The Morgan fingerprint density at radius 3 is 2.71 bits per heavy atom. The zero-order chi connectivity index (χ0) is 15.0. The van der Waals surface area contributed by atoms with E-state index in [0.717, 1.165) is 31.4 Å². The molecular formula is C15H28N6. The van der Waals surface area contributed by atoms with Crippen LogP contribution in [0.1, 0.15) is 45.9 Å². The molecule has 118 valence electrons. The van der Waals surface area contributed by atoms with Gasteiger partial charge in [-0.05, 0) is 43.2 Å². The van der Waals surface area contributed by atoms with Gasteiger partial charge in [0.25, 0.3) is 0 Å². The van der Waals surface area contributed by atoms with Crippen molar-refractivity contribution in [1.29, 1.82) is 0 Å². The molecule has 6 heteroatoms. The molecule has 2 atom stereocenters. The second-order valence-corrected chi connectivity index (χ2v) is 7.46. The van der Waals surface area contributed by atoms with Crippen molar-refractivity contribution in [2.75, 3.05) is 13.1 Å². The maximum absolute atomic E-state index is 4.36. The van der Waals surface area contributed by atoms with E-state index in [2.05, 4.69) is 46.4 Å². The van der Waals surface area contributed by atoms with Crippen LogP contribution in [0.3, 0.4) is 0 Å². The number of aryl methyl sites for hydroxylation is 1. The first kappa shape index (κ1) is 14.9. The first-order chi connectivity index (χ1) is 9.96. The zero-order valence-corrected chi connectivity index (χ0v) is 13.7.